The number of aliphatic hydroxyl groups excluding tert-OH is 1. The second kappa shape index (κ2) is 8.01. The van der Waals surface area contributed by atoms with Crippen molar-refractivity contribution >= 4 is 17.4 Å². The first-order valence-electron chi connectivity index (χ1n) is 7.56. The van der Waals surface area contributed by atoms with E-state index >= 15 is 0 Å². The summed E-state index contributed by atoms with van der Waals surface area (Å²) in [6.45, 7) is 4.68. The Morgan fingerprint density at radius 1 is 1.38 bits per heavy atom. The maximum Gasteiger partial charge on any atom is 0.129 e. The molecule has 1 fully saturated rings. The van der Waals surface area contributed by atoms with Crippen molar-refractivity contribution in [3.05, 3.63) is 29.6 Å². The molecule has 0 radical (unpaired) electrons. The lowest BCUT2D eigenvalue weighted by atomic mass is 10.1. The summed E-state index contributed by atoms with van der Waals surface area (Å²) in [4.78, 5) is 2.27. The zero-order chi connectivity index (χ0) is 15.2. The van der Waals surface area contributed by atoms with Gasteiger partial charge >= 0.3 is 0 Å². The standard InChI is InChI=1S/C16H25FN2OS/c1-12(16(11-20)21-2)18-10-13-14(17)6-5-7-15(13)19-8-3-4-9-19/h5-7,12,16,18,20H,3-4,8-11H2,1-2H3. The van der Waals surface area contributed by atoms with Gasteiger partial charge in [-0.15, -0.1) is 0 Å². The van der Waals surface area contributed by atoms with Gasteiger partial charge in [0.2, 0.25) is 0 Å². The Morgan fingerprint density at radius 3 is 2.71 bits per heavy atom. The third-order valence-corrected chi connectivity index (χ3v) is 5.34. The van der Waals surface area contributed by atoms with E-state index in [-0.39, 0.29) is 23.7 Å². The smallest absolute Gasteiger partial charge is 0.129 e. The van der Waals surface area contributed by atoms with Crippen molar-refractivity contribution in [2.24, 2.45) is 0 Å². The molecular formula is C16H25FN2OS. The number of thioether (sulfide) groups is 1. The van der Waals surface area contributed by atoms with Gasteiger partial charge in [0.1, 0.15) is 5.82 Å². The number of nitrogens with one attached hydrogen (secondary N) is 1. The highest BCUT2D eigenvalue weighted by molar-refractivity contribution is 7.99. The Kier molecular flexibility index (Phi) is 6.33. The molecule has 1 aliphatic heterocycles. The molecule has 0 spiro atoms. The molecular weight excluding hydrogens is 287 g/mol. The maximum absolute atomic E-state index is 14.2. The summed E-state index contributed by atoms with van der Waals surface area (Å²) < 4.78 is 14.2. The summed E-state index contributed by atoms with van der Waals surface area (Å²) in [6, 6.07) is 5.46. The van der Waals surface area contributed by atoms with Crippen molar-refractivity contribution in [2.75, 3.05) is 30.9 Å². The van der Waals surface area contributed by atoms with Crippen LogP contribution >= 0.6 is 11.8 Å². The van der Waals surface area contributed by atoms with E-state index in [9.17, 15) is 9.50 Å². The van der Waals surface area contributed by atoms with E-state index in [1.807, 2.05) is 19.2 Å². The van der Waals surface area contributed by atoms with Gasteiger partial charge in [-0.25, -0.2) is 4.39 Å². The quantitative estimate of drug-likeness (QED) is 0.811. The molecule has 2 rings (SSSR count). The summed E-state index contributed by atoms with van der Waals surface area (Å²) in [5, 5.41) is 12.8. The van der Waals surface area contributed by atoms with Gasteiger partial charge in [-0.2, -0.15) is 11.8 Å². The number of anilines is 1. The van der Waals surface area contributed by atoms with E-state index in [0.717, 1.165) is 24.3 Å². The average molecular weight is 312 g/mol. The first kappa shape index (κ1) is 16.6. The highest BCUT2D eigenvalue weighted by atomic mass is 32.2. The summed E-state index contributed by atoms with van der Waals surface area (Å²) in [6.07, 6.45) is 4.34. The zero-order valence-corrected chi connectivity index (χ0v) is 13.6. The number of halogens is 1. The fourth-order valence-electron chi connectivity index (χ4n) is 2.81. The fourth-order valence-corrected chi connectivity index (χ4v) is 3.46. The van der Waals surface area contributed by atoms with Crippen LogP contribution in [0.2, 0.25) is 0 Å². The van der Waals surface area contributed by atoms with Gasteiger partial charge in [0.15, 0.2) is 0 Å². The Hall–Kier alpha value is -0.780. The van der Waals surface area contributed by atoms with Crippen molar-refractivity contribution in [2.45, 2.75) is 37.6 Å². The first-order valence-corrected chi connectivity index (χ1v) is 8.85. The van der Waals surface area contributed by atoms with Crippen LogP contribution in [0.5, 0.6) is 0 Å². The van der Waals surface area contributed by atoms with Gasteiger partial charge in [-0.05, 0) is 38.2 Å². The molecule has 1 aromatic carbocycles. The molecule has 1 aliphatic rings. The van der Waals surface area contributed by atoms with Crippen molar-refractivity contribution < 1.29 is 9.50 Å². The van der Waals surface area contributed by atoms with Crippen LogP contribution in [0.15, 0.2) is 18.2 Å². The highest BCUT2D eigenvalue weighted by Gasteiger charge is 2.20. The SMILES string of the molecule is CSC(CO)C(C)NCc1c(F)cccc1N1CCCC1. The van der Waals surface area contributed by atoms with Crippen LogP contribution in [-0.2, 0) is 6.54 Å². The van der Waals surface area contributed by atoms with E-state index in [1.165, 1.54) is 18.9 Å². The van der Waals surface area contributed by atoms with Crippen LogP contribution in [0.25, 0.3) is 0 Å². The Labute approximate surface area is 130 Å². The number of rotatable bonds is 7. The van der Waals surface area contributed by atoms with Crippen LogP contribution < -0.4 is 10.2 Å². The Morgan fingerprint density at radius 2 is 2.10 bits per heavy atom. The van der Waals surface area contributed by atoms with E-state index in [1.54, 1.807) is 17.8 Å². The average Bonchev–Trinajstić information content (AvgIpc) is 3.01. The number of benzene rings is 1. The third-order valence-electron chi connectivity index (χ3n) is 4.18. The monoisotopic (exact) mass is 312 g/mol. The topological polar surface area (TPSA) is 35.5 Å². The lowest BCUT2D eigenvalue weighted by Gasteiger charge is -2.25. The van der Waals surface area contributed by atoms with Crippen molar-refractivity contribution in [3.63, 3.8) is 0 Å². The van der Waals surface area contributed by atoms with Crippen LogP contribution in [-0.4, -0.2) is 42.4 Å². The molecule has 21 heavy (non-hydrogen) atoms. The normalized spacial score (nSPS) is 18.0. The molecule has 0 bridgehead atoms. The van der Waals surface area contributed by atoms with E-state index in [0.29, 0.717) is 6.54 Å². The maximum atomic E-state index is 14.2. The van der Waals surface area contributed by atoms with Gasteiger partial charge in [-0.3, -0.25) is 0 Å². The number of nitrogens with zero attached hydrogens (tertiary/aromatic N) is 1. The second-order valence-corrected chi connectivity index (χ2v) is 6.63. The van der Waals surface area contributed by atoms with Crippen molar-refractivity contribution in [3.8, 4) is 0 Å². The second-order valence-electron chi connectivity index (χ2n) is 5.56. The van der Waals surface area contributed by atoms with Gasteiger partial charge in [0.25, 0.3) is 0 Å². The van der Waals surface area contributed by atoms with Gasteiger partial charge < -0.3 is 15.3 Å². The predicted molar refractivity (Wildman–Crippen MR) is 88.5 cm³/mol. The van der Waals surface area contributed by atoms with Crippen molar-refractivity contribution in [1.29, 1.82) is 0 Å². The predicted octanol–water partition coefficient (Wildman–Crippen LogP) is 2.63. The van der Waals surface area contributed by atoms with Gasteiger partial charge in [-0.1, -0.05) is 6.07 Å². The van der Waals surface area contributed by atoms with Crippen LogP contribution in [0, 0.1) is 5.82 Å². The molecule has 2 atom stereocenters. The zero-order valence-electron chi connectivity index (χ0n) is 12.8. The molecule has 1 saturated heterocycles. The minimum absolute atomic E-state index is 0.131. The molecule has 5 heteroatoms. The summed E-state index contributed by atoms with van der Waals surface area (Å²) in [7, 11) is 0. The summed E-state index contributed by atoms with van der Waals surface area (Å²) in [5.74, 6) is -0.149. The third kappa shape index (κ3) is 4.11. The first-order chi connectivity index (χ1) is 10.2. The Bertz CT molecular complexity index is 448. The molecule has 2 unspecified atom stereocenters. The van der Waals surface area contributed by atoms with Crippen molar-refractivity contribution in [1.82, 2.24) is 5.32 Å². The molecule has 118 valence electrons. The van der Waals surface area contributed by atoms with E-state index in [4.69, 9.17) is 0 Å². The molecule has 0 aliphatic carbocycles. The lowest BCUT2D eigenvalue weighted by Crippen LogP contribution is -2.37. The molecule has 0 aromatic heterocycles. The number of hydrogen-bond donors (Lipinski definition) is 2. The summed E-state index contributed by atoms with van der Waals surface area (Å²) in [5.41, 5.74) is 1.75. The summed E-state index contributed by atoms with van der Waals surface area (Å²) >= 11 is 1.63. The van der Waals surface area contributed by atoms with Gasteiger partial charge in [0, 0.05) is 42.2 Å². The van der Waals surface area contributed by atoms with Crippen LogP contribution in [0.4, 0.5) is 10.1 Å². The van der Waals surface area contributed by atoms with Gasteiger partial charge in [0.05, 0.1) is 6.61 Å². The highest BCUT2D eigenvalue weighted by Crippen LogP contribution is 2.27. The van der Waals surface area contributed by atoms with Crippen LogP contribution in [0.1, 0.15) is 25.3 Å². The number of aliphatic hydroxyl groups is 1. The van der Waals surface area contributed by atoms with Crippen LogP contribution in [0.3, 0.4) is 0 Å². The minimum Gasteiger partial charge on any atom is -0.395 e. The Balaban J connectivity index is 2.08. The van der Waals surface area contributed by atoms with E-state index < -0.39 is 0 Å². The molecule has 0 saturated carbocycles. The fraction of sp³-hybridized carbons (Fsp3) is 0.625. The largest absolute Gasteiger partial charge is 0.395 e. The lowest BCUT2D eigenvalue weighted by molar-refractivity contribution is 0.275. The number of hydrogen-bond acceptors (Lipinski definition) is 4. The molecule has 3 nitrogen and oxygen atoms in total. The molecule has 1 heterocycles. The minimum atomic E-state index is -0.149. The van der Waals surface area contributed by atoms with E-state index in [2.05, 4.69) is 10.2 Å². The molecule has 0 amide bonds. The molecule has 1 aromatic rings. The molecule has 2 N–H and O–H groups in total.